The van der Waals surface area contributed by atoms with E-state index in [0.717, 1.165) is 43.0 Å². The molecule has 0 saturated carbocycles. The fraction of sp³-hybridized carbons (Fsp3) is 0.333. The molecule has 2 nitrogen and oxygen atoms in total. The number of halogens is 2. The van der Waals surface area contributed by atoms with E-state index >= 15 is 0 Å². The summed E-state index contributed by atoms with van der Waals surface area (Å²) in [5, 5.41) is 0. The molecule has 0 aliphatic carbocycles. The third-order valence-electron chi connectivity index (χ3n) is 4.12. The molecule has 0 aromatic heterocycles. The normalized spacial score (nSPS) is 16.0. The van der Waals surface area contributed by atoms with E-state index in [1.165, 1.54) is 12.1 Å². The van der Waals surface area contributed by atoms with Crippen LogP contribution in [0.3, 0.4) is 0 Å². The first-order valence-electron chi connectivity index (χ1n) is 7.50. The molecule has 1 radical (unpaired) electrons. The third-order valence-corrected chi connectivity index (χ3v) is 4.12. The molecule has 1 saturated heterocycles. The van der Waals surface area contributed by atoms with Gasteiger partial charge in [-0.2, -0.15) is 0 Å². The lowest BCUT2D eigenvalue weighted by Gasteiger charge is -2.35. The fourth-order valence-corrected chi connectivity index (χ4v) is 2.80. The molecule has 1 aliphatic rings. The van der Waals surface area contributed by atoms with E-state index in [1.54, 1.807) is 6.07 Å². The molecule has 0 bridgehead atoms. The Bertz CT molecular complexity index is 649. The van der Waals surface area contributed by atoms with Crippen molar-refractivity contribution in [3.63, 3.8) is 0 Å². The lowest BCUT2D eigenvalue weighted by atomic mass is 10.0. The van der Waals surface area contributed by atoms with Crippen LogP contribution in [0.1, 0.15) is 11.1 Å². The number of para-hydroxylation sites is 1. The van der Waals surface area contributed by atoms with Gasteiger partial charge in [-0.3, -0.25) is 0 Å². The van der Waals surface area contributed by atoms with Gasteiger partial charge in [0.05, 0.1) is 0 Å². The molecule has 0 atom stereocenters. The molecule has 2 aromatic rings. The van der Waals surface area contributed by atoms with Crippen molar-refractivity contribution >= 4 is 5.69 Å². The average molecular weight is 301 g/mol. The van der Waals surface area contributed by atoms with Crippen LogP contribution in [-0.2, 0) is 6.42 Å². The van der Waals surface area contributed by atoms with Gasteiger partial charge in [0.1, 0.15) is 0 Å². The molecule has 4 heteroatoms. The fourth-order valence-electron chi connectivity index (χ4n) is 2.80. The number of piperazine rings is 1. The van der Waals surface area contributed by atoms with Gasteiger partial charge < -0.3 is 9.80 Å². The van der Waals surface area contributed by atoms with E-state index in [4.69, 9.17) is 0 Å². The number of anilines is 1. The highest BCUT2D eigenvalue weighted by atomic mass is 19.2. The molecule has 1 heterocycles. The minimum atomic E-state index is -0.803. The van der Waals surface area contributed by atoms with Gasteiger partial charge in [-0.05, 0) is 36.7 Å². The van der Waals surface area contributed by atoms with Crippen molar-refractivity contribution in [3.8, 4) is 0 Å². The number of hydrogen-bond donors (Lipinski definition) is 0. The summed E-state index contributed by atoms with van der Waals surface area (Å²) in [5.41, 5.74) is 2.94. The highest BCUT2D eigenvalue weighted by Crippen LogP contribution is 2.24. The number of rotatable bonds is 3. The molecule has 3 rings (SSSR count). The van der Waals surface area contributed by atoms with Crippen LogP contribution in [0.2, 0.25) is 0 Å². The first-order chi connectivity index (χ1) is 10.6. The number of benzene rings is 2. The van der Waals surface area contributed by atoms with Gasteiger partial charge in [-0.1, -0.05) is 24.3 Å². The van der Waals surface area contributed by atoms with Crippen molar-refractivity contribution in [2.45, 2.75) is 6.42 Å². The standard InChI is InChI=1S/C18H19F2N2/c1-21-8-10-22(11-9-21)18-5-3-2-4-15(18)12-14-6-7-16(19)17(20)13-14/h2-4,6-7,13H,8-12H2,1H3. The van der Waals surface area contributed by atoms with Gasteiger partial charge in [-0.15, -0.1) is 0 Å². The van der Waals surface area contributed by atoms with Crippen LogP contribution >= 0.6 is 0 Å². The van der Waals surface area contributed by atoms with Crippen molar-refractivity contribution in [1.82, 2.24) is 4.90 Å². The lowest BCUT2D eigenvalue weighted by molar-refractivity contribution is 0.312. The molecule has 2 aromatic carbocycles. The zero-order valence-corrected chi connectivity index (χ0v) is 12.6. The van der Waals surface area contributed by atoms with Crippen LogP contribution in [0, 0.1) is 17.7 Å². The maximum Gasteiger partial charge on any atom is 0.159 e. The minimum absolute atomic E-state index is 0.580. The summed E-state index contributed by atoms with van der Waals surface area (Å²) in [7, 11) is 2.12. The Labute approximate surface area is 130 Å². The molecule has 22 heavy (non-hydrogen) atoms. The first-order valence-corrected chi connectivity index (χ1v) is 7.50. The number of likely N-dealkylation sites (N-methyl/N-ethyl adjacent to an activating group) is 1. The molecule has 0 amide bonds. The van der Waals surface area contributed by atoms with Crippen molar-refractivity contribution in [2.24, 2.45) is 0 Å². The summed E-state index contributed by atoms with van der Waals surface area (Å²) in [4.78, 5) is 4.61. The Morgan fingerprint density at radius 2 is 1.82 bits per heavy atom. The number of nitrogens with zero attached hydrogens (tertiary/aromatic N) is 2. The van der Waals surface area contributed by atoms with Gasteiger partial charge in [0, 0.05) is 37.9 Å². The monoisotopic (exact) mass is 301 g/mol. The maximum absolute atomic E-state index is 13.4. The Morgan fingerprint density at radius 1 is 1.05 bits per heavy atom. The van der Waals surface area contributed by atoms with E-state index < -0.39 is 11.6 Å². The van der Waals surface area contributed by atoms with Gasteiger partial charge in [0.15, 0.2) is 11.6 Å². The highest BCUT2D eigenvalue weighted by molar-refractivity contribution is 5.54. The zero-order chi connectivity index (χ0) is 15.5. The van der Waals surface area contributed by atoms with E-state index in [9.17, 15) is 8.78 Å². The average Bonchev–Trinajstić information content (AvgIpc) is 2.52. The van der Waals surface area contributed by atoms with Crippen molar-refractivity contribution < 1.29 is 8.78 Å². The summed E-state index contributed by atoms with van der Waals surface area (Å²) in [6.45, 7) is 3.96. The maximum atomic E-state index is 13.4. The third kappa shape index (κ3) is 3.28. The quantitative estimate of drug-likeness (QED) is 0.859. The Hall–Kier alpha value is -1.94. The topological polar surface area (TPSA) is 6.48 Å². The van der Waals surface area contributed by atoms with E-state index in [-0.39, 0.29) is 0 Å². The van der Waals surface area contributed by atoms with E-state index in [0.29, 0.717) is 6.42 Å². The molecule has 115 valence electrons. The SMILES string of the molecule is CN1CCN(c2[c]cccc2Cc2ccc(F)c(F)c2)CC1. The van der Waals surface area contributed by atoms with Crippen molar-refractivity contribution in [3.05, 3.63) is 65.2 Å². The Balaban J connectivity index is 1.83. The summed E-state index contributed by atoms with van der Waals surface area (Å²) in [6, 6.07) is 13.3. The van der Waals surface area contributed by atoms with Gasteiger partial charge in [-0.25, -0.2) is 8.78 Å². The molecule has 0 unspecified atom stereocenters. The van der Waals surface area contributed by atoms with Gasteiger partial charge in [0.2, 0.25) is 0 Å². The smallest absolute Gasteiger partial charge is 0.159 e. The predicted octanol–water partition coefficient (Wildman–Crippen LogP) is 3.11. The predicted molar refractivity (Wildman–Crippen MR) is 84.2 cm³/mol. The van der Waals surface area contributed by atoms with Crippen LogP contribution in [0.15, 0.2) is 36.4 Å². The summed E-state index contributed by atoms with van der Waals surface area (Å²) in [5.74, 6) is -1.60. The highest BCUT2D eigenvalue weighted by Gasteiger charge is 2.17. The second kappa shape index (κ2) is 6.44. The molecular weight excluding hydrogens is 282 g/mol. The molecule has 0 N–H and O–H groups in total. The number of hydrogen-bond acceptors (Lipinski definition) is 2. The second-order valence-corrected chi connectivity index (χ2v) is 5.76. The zero-order valence-electron chi connectivity index (χ0n) is 12.6. The molecular formula is C18H19F2N2. The summed E-state index contributed by atoms with van der Waals surface area (Å²) < 4.78 is 26.4. The lowest BCUT2D eigenvalue weighted by Crippen LogP contribution is -2.44. The van der Waals surface area contributed by atoms with Gasteiger partial charge in [0.25, 0.3) is 0 Å². The van der Waals surface area contributed by atoms with Crippen LogP contribution < -0.4 is 4.90 Å². The van der Waals surface area contributed by atoms with Crippen molar-refractivity contribution in [1.29, 1.82) is 0 Å². The largest absolute Gasteiger partial charge is 0.368 e. The molecule has 1 fully saturated rings. The van der Waals surface area contributed by atoms with Crippen LogP contribution in [0.5, 0.6) is 0 Å². The second-order valence-electron chi connectivity index (χ2n) is 5.76. The van der Waals surface area contributed by atoms with Crippen LogP contribution in [-0.4, -0.2) is 38.1 Å². The van der Waals surface area contributed by atoms with Crippen LogP contribution in [0.4, 0.5) is 14.5 Å². The minimum Gasteiger partial charge on any atom is -0.368 e. The van der Waals surface area contributed by atoms with E-state index in [1.807, 2.05) is 18.2 Å². The molecule has 1 aliphatic heterocycles. The van der Waals surface area contributed by atoms with Crippen molar-refractivity contribution in [2.75, 3.05) is 38.1 Å². The summed E-state index contributed by atoms with van der Waals surface area (Å²) in [6.07, 6.45) is 0.580. The van der Waals surface area contributed by atoms with E-state index in [2.05, 4.69) is 22.9 Å². The summed E-state index contributed by atoms with van der Waals surface area (Å²) >= 11 is 0. The van der Waals surface area contributed by atoms with Crippen LogP contribution in [0.25, 0.3) is 0 Å². The first kappa shape index (κ1) is 15.0. The molecule has 0 spiro atoms. The van der Waals surface area contributed by atoms with Gasteiger partial charge >= 0.3 is 0 Å². The Kier molecular flexibility index (Phi) is 4.39. The Morgan fingerprint density at radius 3 is 2.55 bits per heavy atom.